The van der Waals surface area contributed by atoms with Crippen LogP contribution in [0, 0.1) is 11.6 Å². The second-order valence-corrected chi connectivity index (χ2v) is 15.8. The minimum absolute atomic E-state index is 0.0188. The Balaban J connectivity index is 0.000000218. The summed E-state index contributed by atoms with van der Waals surface area (Å²) in [6.45, 7) is 8.42. The van der Waals surface area contributed by atoms with Crippen molar-refractivity contribution in [2.75, 3.05) is 61.9 Å². The highest BCUT2D eigenvalue weighted by Gasteiger charge is 2.26. The SMILES string of the molecule is CCOC(=O)N1CCC(N)CC1.CCOC(=O)N1CCC(Nc2ncc(C(=O)c3ccccc3F)c(N)n2)CC1.CCS(=O)(=O)c1ncc(C(=O)c2ccccc2F)c(N)n1. The molecule has 4 aromatic rings. The third-order valence-electron chi connectivity index (χ3n) is 9.42. The van der Waals surface area contributed by atoms with Gasteiger partial charge in [-0.3, -0.25) is 9.59 Å². The molecule has 0 radical (unpaired) electrons. The first-order chi connectivity index (χ1) is 29.1. The third kappa shape index (κ3) is 13.1. The van der Waals surface area contributed by atoms with Crippen LogP contribution in [0.2, 0.25) is 0 Å². The number of rotatable bonds is 10. The standard InChI is InChI=1S/C19H22FN5O3.C13H12FN3O3S.C8H16N2O2/c1-2-28-19(27)25-9-7-12(8-10-25)23-18-22-11-14(17(21)24-18)16(26)13-5-3-4-6-15(13)20;1-2-21(19,20)13-16-7-9(12(15)17-13)11(18)8-5-3-4-6-10(8)14;1-2-12-8(11)10-5-3-7(9)4-6-10/h3-6,11-12H,2,7-10H2,1H3,(H3,21,22,23,24);3-7H,2H2,1H3,(H2,15,16,17);7H,2-6,9H2,1H3. The van der Waals surface area contributed by atoms with Crippen LogP contribution in [0.25, 0.3) is 0 Å². The Labute approximate surface area is 352 Å². The summed E-state index contributed by atoms with van der Waals surface area (Å²) in [7, 11) is -3.62. The number of carbonyl (C=O) groups is 4. The Hall–Kier alpha value is -6.35. The molecule has 0 saturated carbocycles. The first-order valence-corrected chi connectivity index (χ1v) is 21.2. The molecule has 0 spiro atoms. The van der Waals surface area contributed by atoms with Crippen molar-refractivity contribution in [2.45, 2.75) is 63.7 Å². The number of hydrogen-bond acceptors (Lipinski definition) is 16. The lowest BCUT2D eigenvalue weighted by Crippen LogP contribution is -2.43. The number of nitrogens with zero attached hydrogens (tertiary/aromatic N) is 6. The molecule has 6 rings (SSSR count). The van der Waals surface area contributed by atoms with E-state index in [1.54, 1.807) is 22.8 Å². The van der Waals surface area contributed by atoms with Crippen LogP contribution in [0.1, 0.15) is 78.3 Å². The summed E-state index contributed by atoms with van der Waals surface area (Å²) in [6, 6.07) is 11.4. The Morgan fingerprint density at radius 3 is 1.57 bits per heavy atom. The lowest BCUT2D eigenvalue weighted by Gasteiger charge is -2.31. The minimum atomic E-state index is -3.62. The second-order valence-electron chi connectivity index (χ2n) is 13.6. The summed E-state index contributed by atoms with van der Waals surface area (Å²) >= 11 is 0. The van der Waals surface area contributed by atoms with E-state index in [1.165, 1.54) is 49.5 Å². The predicted octanol–water partition coefficient (Wildman–Crippen LogP) is 4.25. The maximum Gasteiger partial charge on any atom is 0.409 e. The summed E-state index contributed by atoms with van der Waals surface area (Å²) in [4.78, 5) is 66.5. The second kappa shape index (κ2) is 22.3. The number of sulfone groups is 1. The van der Waals surface area contributed by atoms with Crippen LogP contribution in [-0.2, 0) is 19.3 Å². The smallest absolute Gasteiger partial charge is 0.409 e. The number of piperidine rings is 2. The molecule has 4 heterocycles. The zero-order valence-electron chi connectivity index (χ0n) is 34.1. The lowest BCUT2D eigenvalue weighted by molar-refractivity contribution is 0.0969. The predicted molar refractivity (Wildman–Crippen MR) is 221 cm³/mol. The number of aromatic nitrogens is 4. The number of halogens is 2. The monoisotopic (exact) mass is 868 g/mol. The van der Waals surface area contributed by atoms with Crippen molar-refractivity contribution >= 4 is 51.2 Å². The fourth-order valence-electron chi connectivity index (χ4n) is 5.95. The van der Waals surface area contributed by atoms with E-state index in [-0.39, 0.29) is 69.9 Å². The largest absolute Gasteiger partial charge is 0.450 e. The zero-order chi connectivity index (χ0) is 44.7. The van der Waals surface area contributed by atoms with Crippen molar-refractivity contribution in [3.05, 3.63) is 94.8 Å². The Morgan fingerprint density at radius 2 is 1.15 bits per heavy atom. The number of benzene rings is 2. The molecule has 2 aliphatic rings. The summed E-state index contributed by atoms with van der Waals surface area (Å²) in [5.74, 6) is -2.81. The van der Waals surface area contributed by atoms with Crippen LogP contribution in [0.5, 0.6) is 0 Å². The maximum absolute atomic E-state index is 13.8. The number of ether oxygens (including phenoxy) is 2. The first kappa shape index (κ1) is 47.3. The number of likely N-dealkylation sites (tertiary alicyclic amines) is 2. The number of carbonyl (C=O) groups excluding carboxylic acids is 4. The summed E-state index contributed by atoms with van der Waals surface area (Å²) in [6.07, 6.45) is 4.97. The molecular formula is C40H50F2N10O8S. The number of amides is 2. The van der Waals surface area contributed by atoms with Gasteiger partial charge in [0.1, 0.15) is 23.3 Å². The van der Waals surface area contributed by atoms with Gasteiger partial charge in [0.25, 0.3) is 0 Å². The average Bonchev–Trinajstić information content (AvgIpc) is 3.25. The van der Waals surface area contributed by atoms with E-state index in [4.69, 9.17) is 26.7 Å². The molecule has 7 N–H and O–H groups in total. The molecule has 18 nitrogen and oxygen atoms in total. The van der Waals surface area contributed by atoms with Crippen molar-refractivity contribution in [1.29, 1.82) is 0 Å². The van der Waals surface area contributed by atoms with E-state index in [9.17, 15) is 36.4 Å². The maximum atomic E-state index is 13.8. The molecule has 328 valence electrons. The van der Waals surface area contributed by atoms with Gasteiger partial charge in [0.05, 0.1) is 41.2 Å². The van der Waals surface area contributed by atoms with E-state index >= 15 is 0 Å². The number of hydrogen-bond donors (Lipinski definition) is 4. The molecule has 21 heteroatoms. The molecule has 0 aliphatic carbocycles. The summed E-state index contributed by atoms with van der Waals surface area (Å²) in [5.41, 5.74) is 16.8. The van der Waals surface area contributed by atoms with Crippen molar-refractivity contribution in [3.8, 4) is 0 Å². The van der Waals surface area contributed by atoms with Crippen LogP contribution in [0.3, 0.4) is 0 Å². The first-order valence-electron chi connectivity index (χ1n) is 19.5. The molecule has 2 amide bonds. The minimum Gasteiger partial charge on any atom is -0.450 e. The average molecular weight is 869 g/mol. The fourth-order valence-corrected chi connectivity index (χ4v) is 6.66. The van der Waals surface area contributed by atoms with Gasteiger partial charge in [-0.2, -0.15) is 4.98 Å². The van der Waals surface area contributed by atoms with Crippen LogP contribution < -0.4 is 22.5 Å². The highest BCUT2D eigenvalue weighted by molar-refractivity contribution is 7.91. The lowest BCUT2D eigenvalue weighted by atomic mass is 10.0. The molecular weight excluding hydrogens is 819 g/mol. The van der Waals surface area contributed by atoms with Crippen molar-refractivity contribution in [1.82, 2.24) is 29.7 Å². The molecule has 0 unspecified atom stereocenters. The molecule has 0 atom stereocenters. The number of anilines is 3. The number of ketones is 2. The Morgan fingerprint density at radius 1 is 0.705 bits per heavy atom. The Kier molecular flexibility index (Phi) is 17.3. The normalized spacial score (nSPS) is 14.4. The highest BCUT2D eigenvalue weighted by Crippen LogP contribution is 2.21. The van der Waals surface area contributed by atoms with E-state index < -0.39 is 38.2 Å². The molecule has 2 saturated heterocycles. The molecule has 0 bridgehead atoms. The fraction of sp³-hybridized carbons (Fsp3) is 0.400. The summed E-state index contributed by atoms with van der Waals surface area (Å²) < 4.78 is 60.5. The quantitative estimate of drug-likeness (QED) is 0.128. The molecule has 2 aromatic carbocycles. The van der Waals surface area contributed by atoms with E-state index in [2.05, 4.69) is 25.3 Å². The van der Waals surface area contributed by atoms with Gasteiger partial charge in [0, 0.05) is 50.7 Å². The van der Waals surface area contributed by atoms with Gasteiger partial charge in [-0.15, -0.1) is 0 Å². The third-order valence-corrected chi connectivity index (χ3v) is 10.9. The van der Waals surface area contributed by atoms with E-state index in [0.29, 0.717) is 39.1 Å². The molecule has 2 fully saturated rings. The van der Waals surface area contributed by atoms with Gasteiger partial charge >= 0.3 is 12.2 Å². The van der Waals surface area contributed by atoms with Crippen LogP contribution >= 0.6 is 0 Å². The topological polar surface area (TPSA) is 269 Å². The van der Waals surface area contributed by atoms with E-state index in [0.717, 1.165) is 38.2 Å². The molecule has 61 heavy (non-hydrogen) atoms. The van der Waals surface area contributed by atoms with Crippen LogP contribution in [0.4, 0.5) is 36.0 Å². The number of nitrogens with two attached hydrogens (primary N) is 3. The van der Waals surface area contributed by atoms with Crippen LogP contribution in [-0.4, -0.2) is 119 Å². The van der Waals surface area contributed by atoms with Gasteiger partial charge in [-0.05, 0) is 63.8 Å². The number of nitrogen functional groups attached to an aromatic ring is 2. The van der Waals surface area contributed by atoms with E-state index in [1.807, 2.05) is 6.92 Å². The van der Waals surface area contributed by atoms with Crippen molar-refractivity contribution in [2.24, 2.45) is 5.73 Å². The van der Waals surface area contributed by atoms with Gasteiger partial charge < -0.3 is 41.8 Å². The van der Waals surface area contributed by atoms with Crippen molar-refractivity contribution < 1.29 is 45.9 Å². The highest BCUT2D eigenvalue weighted by atomic mass is 32.2. The van der Waals surface area contributed by atoms with Crippen molar-refractivity contribution in [3.63, 3.8) is 0 Å². The number of nitrogens with one attached hydrogen (secondary N) is 1. The van der Waals surface area contributed by atoms with Crippen LogP contribution in [0.15, 0.2) is 66.1 Å². The van der Waals surface area contributed by atoms with Gasteiger partial charge in [-0.1, -0.05) is 31.2 Å². The van der Waals surface area contributed by atoms with Gasteiger partial charge in [0.15, 0.2) is 0 Å². The zero-order valence-corrected chi connectivity index (χ0v) is 34.9. The summed E-state index contributed by atoms with van der Waals surface area (Å²) in [5, 5.41) is 2.71. The van der Waals surface area contributed by atoms with Gasteiger partial charge in [0.2, 0.25) is 32.5 Å². The van der Waals surface area contributed by atoms with Gasteiger partial charge in [-0.25, -0.2) is 41.7 Å². The molecule has 2 aromatic heterocycles. The Bertz CT molecular complexity index is 2270. The molecule has 2 aliphatic heterocycles.